The second-order valence-electron chi connectivity index (χ2n) is 4.61. The second kappa shape index (κ2) is 6.67. The van der Waals surface area contributed by atoms with Crippen LogP contribution in [0.25, 0.3) is 0 Å². The predicted molar refractivity (Wildman–Crippen MR) is 79.5 cm³/mol. The fourth-order valence-electron chi connectivity index (χ4n) is 1.90. The van der Waals surface area contributed by atoms with Crippen molar-refractivity contribution in [2.24, 2.45) is 0 Å². The fraction of sp³-hybridized carbons (Fsp3) is 0.286. The zero-order valence-electron chi connectivity index (χ0n) is 11.0. The summed E-state index contributed by atoms with van der Waals surface area (Å²) < 4.78 is 5.78. The minimum absolute atomic E-state index is 0.0861. The van der Waals surface area contributed by atoms with Crippen LogP contribution in [0.2, 0.25) is 0 Å². The highest BCUT2D eigenvalue weighted by atomic mass is 79.9. The maximum Gasteiger partial charge on any atom is 0.283 e. The molecule has 1 aromatic carbocycles. The molecule has 20 heavy (non-hydrogen) atoms. The molecule has 0 radical (unpaired) electrons. The van der Waals surface area contributed by atoms with Gasteiger partial charge in [-0.2, -0.15) is 0 Å². The van der Waals surface area contributed by atoms with E-state index in [1.54, 1.807) is 18.4 Å². The molecule has 0 bridgehead atoms. The number of nitro groups is 1. The Kier molecular flexibility index (Phi) is 4.92. The molecule has 5 nitrogen and oxygen atoms in total. The van der Waals surface area contributed by atoms with Gasteiger partial charge in [0.2, 0.25) is 0 Å². The molecule has 0 saturated carbocycles. The monoisotopic (exact) mass is 338 g/mol. The van der Waals surface area contributed by atoms with E-state index in [-0.39, 0.29) is 16.7 Å². The van der Waals surface area contributed by atoms with Crippen molar-refractivity contribution in [3.63, 3.8) is 0 Å². The third-order valence-electron chi connectivity index (χ3n) is 2.95. The number of nitrogens with one attached hydrogen (secondary N) is 1. The molecule has 0 aliphatic heterocycles. The minimum atomic E-state index is -0.389. The first-order chi connectivity index (χ1) is 9.56. The van der Waals surface area contributed by atoms with Crippen molar-refractivity contribution in [3.8, 4) is 0 Å². The molecule has 6 heteroatoms. The van der Waals surface area contributed by atoms with Crippen LogP contribution >= 0.6 is 15.9 Å². The number of rotatable bonds is 6. The summed E-state index contributed by atoms with van der Waals surface area (Å²) in [5.74, 6) is 0.923. The third-order valence-corrected chi connectivity index (χ3v) is 3.62. The van der Waals surface area contributed by atoms with Gasteiger partial charge in [0.15, 0.2) is 0 Å². The molecule has 1 unspecified atom stereocenters. The molecule has 0 amide bonds. The molecular weight excluding hydrogens is 324 g/mol. The minimum Gasteiger partial charge on any atom is -0.469 e. The van der Waals surface area contributed by atoms with Crippen LogP contribution in [0.15, 0.2) is 45.5 Å². The lowest BCUT2D eigenvalue weighted by atomic mass is 10.1. The molecule has 0 saturated heterocycles. The molecule has 0 fully saturated rings. The largest absolute Gasteiger partial charge is 0.469 e. The van der Waals surface area contributed by atoms with Crippen molar-refractivity contribution in [1.82, 2.24) is 5.32 Å². The van der Waals surface area contributed by atoms with Crippen molar-refractivity contribution in [2.75, 3.05) is 0 Å². The Morgan fingerprint density at radius 1 is 1.45 bits per heavy atom. The molecule has 1 atom stereocenters. The van der Waals surface area contributed by atoms with Gasteiger partial charge in [-0.25, -0.2) is 0 Å². The first-order valence-electron chi connectivity index (χ1n) is 6.25. The lowest BCUT2D eigenvalue weighted by Crippen LogP contribution is -2.27. The zero-order chi connectivity index (χ0) is 14.5. The fourth-order valence-corrected chi connectivity index (χ4v) is 2.29. The highest BCUT2D eigenvalue weighted by molar-refractivity contribution is 9.10. The number of nitrogens with zero attached hydrogens (tertiary/aromatic N) is 1. The summed E-state index contributed by atoms with van der Waals surface area (Å²) in [5.41, 5.74) is 0.967. The lowest BCUT2D eigenvalue weighted by Gasteiger charge is -2.12. The number of hydrogen-bond donors (Lipinski definition) is 1. The van der Waals surface area contributed by atoms with E-state index < -0.39 is 0 Å². The summed E-state index contributed by atoms with van der Waals surface area (Å²) in [5, 5.41) is 14.2. The predicted octanol–water partition coefficient (Wildman–Crippen LogP) is 3.67. The summed E-state index contributed by atoms with van der Waals surface area (Å²) in [4.78, 5) is 10.5. The normalized spacial score (nSPS) is 12.3. The van der Waals surface area contributed by atoms with Crippen LogP contribution in [0.5, 0.6) is 0 Å². The number of benzene rings is 1. The van der Waals surface area contributed by atoms with Crippen LogP contribution in [0.1, 0.15) is 18.2 Å². The third kappa shape index (κ3) is 3.91. The van der Waals surface area contributed by atoms with Gasteiger partial charge in [-0.15, -0.1) is 0 Å². The first kappa shape index (κ1) is 14.7. The quantitative estimate of drug-likeness (QED) is 0.644. The molecule has 0 spiro atoms. The molecular formula is C14H15BrN2O3. The number of furan rings is 1. The van der Waals surface area contributed by atoms with E-state index in [0.717, 1.165) is 17.7 Å². The molecule has 106 valence electrons. The maximum atomic E-state index is 10.9. The number of halogens is 1. The summed E-state index contributed by atoms with van der Waals surface area (Å²) in [6, 6.07) is 9.17. The van der Waals surface area contributed by atoms with Crippen LogP contribution in [-0.4, -0.2) is 11.0 Å². The van der Waals surface area contributed by atoms with E-state index in [0.29, 0.717) is 11.0 Å². The van der Waals surface area contributed by atoms with Crippen LogP contribution in [0.4, 0.5) is 5.69 Å². The van der Waals surface area contributed by atoms with E-state index in [4.69, 9.17) is 4.42 Å². The Balaban J connectivity index is 1.93. The van der Waals surface area contributed by atoms with Crippen LogP contribution in [0, 0.1) is 10.1 Å². The molecule has 1 heterocycles. The molecule has 1 aromatic heterocycles. The van der Waals surface area contributed by atoms with Gasteiger partial charge in [0, 0.05) is 25.1 Å². The average molecular weight is 339 g/mol. The van der Waals surface area contributed by atoms with Gasteiger partial charge in [0.05, 0.1) is 15.7 Å². The summed E-state index contributed by atoms with van der Waals surface area (Å²) in [6.45, 7) is 2.63. The maximum absolute atomic E-state index is 10.9. The molecule has 0 aliphatic rings. The second-order valence-corrected chi connectivity index (χ2v) is 5.46. The van der Waals surface area contributed by atoms with Gasteiger partial charge in [-0.1, -0.05) is 6.07 Å². The molecule has 2 rings (SSSR count). The van der Waals surface area contributed by atoms with Gasteiger partial charge in [-0.3, -0.25) is 10.1 Å². The SMILES string of the molecule is CC(Cc1ccco1)NCc1ccc(Br)c([N+](=O)[O-])c1. The van der Waals surface area contributed by atoms with Crippen LogP contribution < -0.4 is 5.32 Å². The summed E-state index contributed by atoms with van der Waals surface area (Å²) >= 11 is 3.18. The number of hydrogen-bond acceptors (Lipinski definition) is 4. The highest BCUT2D eigenvalue weighted by Gasteiger charge is 2.12. The van der Waals surface area contributed by atoms with Crippen LogP contribution in [-0.2, 0) is 13.0 Å². The van der Waals surface area contributed by atoms with E-state index in [2.05, 4.69) is 28.2 Å². The van der Waals surface area contributed by atoms with Gasteiger partial charge in [0.1, 0.15) is 5.76 Å². The van der Waals surface area contributed by atoms with Crippen molar-refractivity contribution in [3.05, 3.63) is 62.5 Å². The Morgan fingerprint density at radius 3 is 2.90 bits per heavy atom. The topological polar surface area (TPSA) is 68.3 Å². The Bertz CT molecular complexity index is 584. The average Bonchev–Trinajstić information content (AvgIpc) is 2.90. The molecule has 0 aliphatic carbocycles. The smallest absolute Gasteiger partial charge is 0.283 e. The van der Waals surface area contributed by atoms with Crippen molar-refractivity contribution in [1.29, 1.82) is 0 Å². The highest BCUT2D eigenvalue weighted by Crippen LogP contribution is 2.25. The zero-order valence-corrected chi connectivity index (χ0v) is 12.6. The molecule has 2 aromatic rings. The lowest BCUT2D eigenvalue weighted by molar-refractivity contribution is -0.385. The van der Waals surface area contributed by atoms with E-state index in [1.807, 2.05) is 18.2 Å². The summed E-state index contributed by atoms with van der Waals surface area (Å²) in [7, 11) is 0. The van der Waals surface area contributed by atoms with Crippen LogP contribution in [0.3, 0.4) is 0 Å². The van der Waals surface area contributed by atoms with Gasteiger partial charge >= 0.3 is 0 Å². The Hall–Kier alpha value is -1.66. The Labute approximate surface area is 125 Å². The van der Waals surface area contributed by atoms with Gasteiger partial charge in [-0.05, 0) is 46.6 Å². The van der Waals surface area contributed by atoms with Crippen molar-refractivity contribution >= 4 is 21.6 Å². The van der Waals surface area contributed by atoms with Gasteiger partial charge < -0.3 is 9.73 Å². The van der Waals surface area contributed by atoms with E-state index in [9.17, 15) is 10.1 Å². The number of nitro benzene ring substituents is 1. The van der Waals surface area contributed by atoms with Crippen molar-refractivity contribution < 1.29 is 9.34 Å². The first-order valence-corrected chi connectivity index (χ1v) is 7.04. The van der Waals surface area contributed by atoms with Gasteiger partial charge in [0.25, 0.3) is 5.69 Å². The summed E-state index contributed by atoms with van der Waals surface area (Å²) in [6.07, 6.45) is 2.44. The van der Waals surface area contributed by atoms with E-state index in [1.165, 1.54) is 0 Å². The standard InChI is InChI=1S/C14H15BrN2O3/c1-10(7-12-3-2-6-20-12)16-9-11-4-5-13(15)14(8-11)17(18)19/h2-6,8,10,16H,7,9H2,1H3. The van der Waals surface area contributed by atoms with Crippen molar-refractivity contribution in [2.45, 2.75) is 25.9 Å². The van der Waals surface area contributed by atoms with E-state index >= 15 is 0 Å². The Morgan fingerprint density at radius 2 is 2.25 bits per heavy atom. The molecule has 1 N–H and O–H groups in total.